The van der Waals surface area contributed by atoms with Crippen molar-refractivity contribution in [3.63, 3.8) is 0 Å². The predicted molar refractivity (Wildman–Crippen MR) is 30.0 cm³/mol. The zero-order valence-electron chi connectivity index (χ0n) is 5.09. The largest absolute Gasteiger partial charge is 0.373 e. The Morgan fingerprint density at radius 2 is 2.12 bits per heavy atom. The molecule has 48 valence electrons. The molecule has 0 aliphatic rings. The first-order chi connectivity index (χ1) is 3.68. The van der Waals surface area contributed by atoms with Crippen LogP contribution in [0.15, 0.2) is 0 Å². The Morgan fingerprint density at radius 1 is 1.62 bits per heavy atom. The van der Waals surface area contributed by atoms with Crippen LogP contribution in [-0.2, 0) is 4.79 Å². The summed E-state index contributed by atoms with van der Waals surface area (Å²) in [6.45, 7) is 3.64. The highest BCUT2D eigenvalue weighted by atomic mass is 16.3. The Hall–Kier alpha value is -0.570. The van der Waals surface area contributed by atoms with Crippen molar-refractivity contribution in [1.82, 2.24) is 5.32 Å². The number of aliphatic hydroxyl groups excluding tert-OH is 1. The van der Waals surface area contributed by atoms with Crippen LogP contribution >= 0.6 is 0 Å². The van der Waals surface area contributed by atoms with Gasteiger partial charge in [0.2, 0.25) is 6.41 Å². The van der Waals surface area contributed by atoms with Crippen LogP contribution in [-0.4, -0.2) is 17.7 Å². The van der Waals surface area contributed by atoms with Gasteiger partial charge < -0.3 is 10.4 Å². The number of amides is 1. The third kappa shape index (κ3) is 2.58. The summed E-state index contributed by atoms with van der Waals surface area (Å²) in [5, 5.41) is 11.0. The predicted octanol–water partition coefficient (Wildman–Crippen LogP) is -0.293. The van der Waals surface area contributed by atoms with Crippen LogP contribution in [0, 0.1) is 5.92 Å². The fraction of sp³-hybridized carbons (Fsp3) is 0.800. The second kappa shape index (κ2) is 3.43. The lowest BCUT2D eigenvalue weighted by atomic mass is 10.2. The van der Waals surface area contributed by atoms with Crippen LogP contribution in [0.5, 0.6) is 0 Å². The molecule has 0 fully saturated rings. The van der Waals surface area contributed by atoms with Gasteiger partial charge in [-0.25, -0.2) is 0 Å². The normalized spacial score (nSPS) is 13.5. The zero-order chi connectivity index (χ0) is 6.57. The third-order valence-corrected chi connectivity index (χ3v) is 0.870. The fourth-order valence-electron chi connectivity index (χ4n) is 0.262. The molecule has 0 aromatic rings. The van der Waals surface area contributed by atoms with E-state index in [1.54, 1.807) is 0 Å². The van der Waals surface area contributed by atoms with Crippen molar-refractivity contribution < 1.29 is 9.90 Å². The maximum absolute atomic E-state index is 9.65. The van der Waals surface area contributed by atoms with Gasteiger partial charge in [0.25, 0.3) is 0 Å². The van der Waals surface area contributed by atoms with Gasteiger partial charge in [-0.2, -0.15) is 0 Å². The molecule has 0 heterocycles. The Morgan fingerprint density at radius 3 is 2.25 bits per heavy atom. The van der Waals surface area contributed by atoms with Crippen molar-refractivity contribution >= 4 is 6.41 Å². The SMILES string of the molecule is CC(C)C(O)NC=O. The molecule has 0 aromatic heterocycles. The third-order valence-electron chi connectivity index (χ3n) is 0.870. The lowest BCUT2D eigenvalue weighted by Crippen LogP contribution is -2.31. The maximum Gasteiger partial charge on any atom is 0.209 e. The second-order valence-corrected chi connectivity index (χ2v) is 1.97. The molecule has 0 saturated carbocycles. The van der Waals surface area contributed by atoms with Gasteiger partial charge in [-0.1, -0.05) is 13.8 Å². The highest BCUT2D eigenvalue weighted by Gasteiger charge is 2.04. The second-order valence-electron chi connectivity index (χ2n) is 1.97. The summed E-state index contributed by atoms with van der Waals surface area (Å²) in [5.74, 6) is 0.0835. The molecule has 1 amide bonds. The minimum atomic E-state index is -0.701. The van der Waals surface area contributed by atoms with Crippen molar-refractivity contribution in [2.24, 2.45) is 5.92 Å². The molecule has 0 aliphatic carbocycles. The summed E-state index contributed by atoms with van der Waals surface area (Å²) in [5.41, 5.74) is 0. The summed E-state index contributed by atoms with van der Waals surface area (Å²) in [6, 6.07) is 0. The maximum atomic E-state index is 9.65. The first kappa shape index (κ1) is 7.43. The van der Waals surface area contributed by atoms with Gasteiger partial charge in [-0.15, -0.1) is 0 Å². The van der Waals surface area contributed by atoms with Gasteiger partial charge in [-0.3, -0.25) is 4.79 Å². The van der Waals surface area contributed by atoms with Crippen molar-refractivity contribution in [2.75, 3.05) is 0 Å². The molecule has 1 unspecified atom stereocenters. The molecule has 0 saturated heterocycles. The van der Waals surface area contributed by atoms with E-state index in [0.29, 0.717) is 6.41 Å². The smallest absolute Gasteiger partial charge is 0.209 e. The number of rotatable bonds is 3. The molecular weight excluding hydrogens is 106 g/mol. The Bertz CT molecular complexity index is 72.8. The average Bonchev–Trinajstić information content (AvgIpc) is 1.67. The quantitative estimate of drug-likeness (QED) is 0.394. The minimum Gasteiger partial charge on any atom is -0.373 e. The molecule has 2 N–H and O–H groups in total. The lowest BCUT2D eigenvalue weighted by Gasteiger charge is -2.11. The van der Waals surface area contributed by atoms with Gasteiger partial charge in [0.1, 0.15) is 6.23 Å². The van der Waals surface area contributed by atoms with Crippen molar-refractivity contribution in [2.45, 2.75) is 20.1 Å². The van der Waals surface area contributed by atoms with Gasteiger partial charge in [0, 0.05) is 0 Å². The van der Waals surface area contributed by atoms with E-state index in [1.165, 1.54) is 0 Å². The minimum absolute atomic E-state index is 0.0835. The van der Waals surface area contributed by atoms with Gasteiger partial charge in [-0.05, 0) is 5.92 Å². The van der Waals surface area contributed by atoms with E-state index < -0.39 is 6.23 Å². The van der Waals surface area contributed by atoms with E-state index in [1.807, 2.05) is 13.8 Å². The van der Waals surface area contributed by atoms with E-state index in [4.69, 9.17) is 5.11 Å². The first-order valence-corrected chi connectivity index (χ1v) is 2.56. The number of carbonyl (C=O) groups is 1. The fourth-order valence-corrected chi connectivity index (χ4v) is 0.262. The molecule has 0 rings (SSSR count). The highest BCUT2D eigenvalue weighted by Crippen LogP contribution is 1.94. The Labute approximate surface area is 48.7 Å². The topological polar surface area (TPSA) is 49.3 Å². The Kier molecular flexibility index (Phi) is 3.19. The molecule has 3 nitrogen and oxygen atoms in total. The molecule has 3 heteroatoms. The monoisotopic (exact) mass is 117 g/mol. The van der Waals surface area contributed by atoms with Crippen molar-refractivity contribution in [1.29, 1.82) is 0 Å². The summed E-state index contributed by atoms with van der Waals surface area (Å²) >= 11 is 0. The lowest BCUT2D eigenvalue weighted by molar-refractivity contribution is -0.112. The van der Waals surface area contributed by atoms with E-state index in [0.717, 1.165) is 0 Å². The highest BCUT2D eigenvalue weighted by molar-refractivity contribution is 5.46. The van der Waals surface area contributed by atoms with Crippen LogP contribution in [0.3, 0.4) is 0 Å². The standard InChI is InChI=1S/C5H11NO2/c1-4(2)5(8)6-3-7/h3-5,8H,1-2H3,(H,6,7). The Balaban J connectivity index is 3.30. The van der Waals surface area contributed by atoms with Crippen LogP contribution in [0.4, 0.5) is 0 Å². The molecular formula is C5H11NO2. The molecule has 0 aromatic carbocycles. The number of hydrogen-bond donors (Lipinski definition) is 2. The molecule has 0 bridgehead atoms. The molecule has 0 spiro atoms. The number of aliphatic hydroxyl groups is 1. The summed E-state index contributed by atoms with van der Waals surface area (Å²) in [6.07, 6.45) is -0.211. The average molecular weight is 117 g/mol. The molecule has 8 heavy (non-hydrogen) atoms. The first-order valence-electron chi connectivity index (χ1n) is 2.56. The molecule has 0 aliphatic heterocycles. The van der Waals surface area contributed by atoms with Crippen LogP contribution < -0.4 is 5.32 Å². The van der Waals surface area contributed by atoms with E-state index >= 15 is 0 Å². The number of hydrogen-bond acceptors (Lipinski definition) is 2. The number of nitrogens with one attached hydrogen (secondary N) is 1. The molecule has 1 atom stereocenters. The van der Waals surface area contributed by atoms with E-state index in [9.17, 15) is 4.79 Å². The van der Waals surface area contributed by atoms with Crippen LogP contribution in [0.2, 0.25) is 0 Å². The number of carbonyl (C=O) groups excluding carboxylic acids is 1. The van der Waals surface area contributed by atoms with Crippen molar-refractivity contribution in [3.05, 3.63) is 0 Å². The van der Waals surface area contributed by atoms with Crippen molar-refractivity contribution in [3.8, 4) is 0 Å². The van der Waals surface area contributed by atoms with Gasteiger partial charge in [0.05, 0.1) is 0 Å². The summed E-state index contributed by atoms with van der Waals surface area (Å²) in [7, 11) is 0. The zero-order valence-corrected chi connectivity index (χ0v) is 5.09. The summed E-state index contributed by atoms with van der Waals surface area (Å²) in [4.78, 5) is 9.65. The van der Waals surface area contributed by atoms with Crippen LogP contribution in [0.25, 0.3) is 0 Å². The summed E-state index contributed by atoms with van der Waals surface area (Å²) < 4.78 is 0. The van der Waals surface area contributed by atoms with Gasteiger partial charge >= 0.3 is 0 Å². The molecule has 0 radical (unpaired) electrons. The van der Waals surface area contributed by atoms with E-state index in [2.05, 4.69) is 5.32 Å². The van der Waals surface area contributed by atoms with Gasteiger partial charge in [0.15, 0.2) is 0 Å². The van der Waals surface area contributed by atoms with E-state index in [-0.39, 0.29) is 5.92 Å². The van der Waals surface area contributed by atoms with Crippen LogP contribution in [0.1, 0.15) is 13.8 Å².